The van der Waals surface area contributed by atoms with Gasteiger partial charge in [0.15, 0.2) is 0 Å². The second kappa shape index (κ2) is 14.6. The minimum absolute atomic E-state index is 0.0756. The average Bonchev–Trinajstić information content (AvgIpc) is 3.02. The molecule has 0 heterocycles. The average molecular weight is 626 g/mol. The lowest BCUT2D eigenvalue weighted by Gasteiger charge is -2.35. The van der Waals surface area contributed by atoms with Crippen LogP contribution in [0.25, 0.3) is 0 Å². The van der Waals surface area contributed by atoms with E-state index in [2.05, 4.69) is 19.2 Å². The van der Waals surface area contributed by atoms with E-state index in [4.69, 9.17) is 0 Å². The van der Waals surface area contributed by atoms with E-state index in [0.29, 0.717) is 5.69 Å². The molecule has 0 fully saturated rings. The van der Waals surface area contributed by atoms with Crippen molar-refractivity contribution in [3.63, 3.8) is 0 Å². The Morgan fingerprint density at radius 1 is 0.733 bits per heavy atom. The molecule has 45 heavy (non-hydrogen) atoms. The van der Waals surface area contributed by atoms with Gasteiger partial charge in [0, 0.05) is 18.5 Å². The minimum Gasteiger partial charge on any atom is -0.350 e. The van der Waals surface area contributed by atoms with Crippen molar-refractivity contribution in [3.05, 3.63) is 132 Å². The van der Waals surface area contributed by atoms with Crippen molar-refractivity contribution in [1.82, 2.24) is 10.2 Å². The molecule has 8 heteroatoms. The van der Waals surface area contributed by atoms with Crippen LogP contribution in [-0.4, -0.2) is 43.3 Å². The predicted molar refractivity (Wildman–Crippen MR) is 180 cm³/mol. The van der Waals surface area contributed by atoms with Crippen LogP contribution in [0.3, 0.4) is 0 Å². The molecular weight excluding hydrogens is 582 g/mol. The number of carbonyl (C=O) groups excluding carboxylic acids is 2. The maximum Gasteiger partial charge on any atom is 0.264 e. The normalized spacial score (nSPS) is 12.4. The van der Waals surface area contributed by atoms with Gasteiger partial charge in [0.2, 0.25) is 11.8 Å². The SMILES string of the molecule is CC(C)c1ccc(N(CC(=O)N(Cc2ccccc2)[C@H](Cc2ccccc2)C(=O)NC(C)(C)C)S(=O)(=O)c2ccccc2)cc1. The summed E-state index contributed by atoms with van der Waals surface area (Å²) in [5.41, 5.74) is 2.58. The van der Waals surface area contributed by atoms with E-state index in [1.54, 1.807) is 30.3 Å². The lowest BCUT2D eigenvalue weighted by molar-refractivity contribution is -0.140. The van der Waals surface area contributed by atoms with Crippen LogP contribution in [0.15, 0.2) is 120 Å². The Balaban J connectivity index is 1.80. The molecule has 0 bridgehead atoms. The Morgan fingerprint density at radius 2 is 1.24 bits per heavy atom. The molecule has 0 unspecified atom stereocenters. The lowest BCUT2D eigenvalue weighted by Crippen LogP contribution is -2.56. The molecule has 0 saturated carbocycles. The molecule has 0 saturated heterocycles. The summed E-state index contributed by atoms with van der Waals surface area (Å²) in [6.07, 6.45) is 0.260. The summed E-state index contributed by atoms with van der Waals surface area (Å²) in [6.45, 7) is 9.44. The summed E-state index contributed by atoms with van der Waals surface area (Å²) >= 11 is 0. The van der Waals surface area contributed by atoms with E-state index >= 15 is 0 Å². The Hall–Kier alpha value is -4.43. The largest absolute Gasteiger partial charge is 0.350 e. The molecule has 0 aliphatic rings. The van der Waals surface area contributed by atoms with Crippen LogP contribution >= 0.6 is 0 Å². The van der Waals surface area contributed by atoms with Crippen LogP contribution in [0.4, 0.5) is 5.69 Å². The van der Waals surface area contributed by atoms with Crippen molar-refractivity contribution < 1.29 is 18.0 Å². The van der Waals surface area contributed by atoms with Crippen molar-refractivity contribution in [2.45, 2.75) is 70.0 Å². The molecule has 0 aliphatic carbocycles. The van der Waals surface area contributed by atoms with E-state index in [0.717, 1.165) is 21.0 Å². The summed E-state index contributed by atoms with van der Waals surface area (Å²) in [6, 6.07) is 33.4. The zero-order valence-corrected chi connectivity index (χ0v) is 27.5. The monoisotopic (exact) mass is 625 g/mol. The molecule has 0 radical (unpaired) electrons. The van der Waals surface area contributed by atoms with Crippen LogP contribution in [0.1, 0.15) is 57.2 Å². The predicted octanol–water partition coefficient (Wildman–Crippen LogP) is 6.56. The summed E-state index contributed by atoms with van der Waals surface area (Å²) in [7, 11) is -4.14. The fourth-order valence-corrected chi connectivity index (χ4v) is 6.50. The zero-order valence-electron chi connectivity index (χ0n) is 26.7. The number of carbonyl (C=O) groups is 2. The summed E-state index contributed by atoms with van der Waals surface area (Å²) in [5, 5.41) is 3.05. The van der Waals surface area contributed by atoms with Crippen molar-refractivity contribution in [3.8, 4) is 0 Å². The highest BCUT2D eigenvalue weighted by atomic mass is 32.2. The van der Waals surface area contributed by atoms with Gasteiger partial charge in [-0.25, -0.2) is 8.42 Å². The first kappa shape index (κ1) is 33.5. The van der Waals surface area contributed by atoms with Crippen LogP contribution < -0.4 is 9.62 Å². The van der Waals surface area contributed by atoms with Gasteiger partial charge in [-0.15, -0.1) is 0 Å². The highest BCUT2D eigenvalue weighted by Gasteiger charge is 2.35. The first-order valence-corrected chi connectivity index (χ1v) is 16.7. The van der Waals surface area contributed by atoms with Crippen molar-refractivity contribution >= 4 is 27.5 Å². The molecule has 4 rings (SSSR count). The minimum atomic E-state index is -4.14. The summed E-state index contributed by atoms with van der Waals surface area (Å²) in [5.74, 6) is -0.549. The molecule has 2 amide bonds. The van der Waals surface area contributed by atoms with Gasteiger partial charge in [0.25, 0.3) is 10.0 Å². The van der Waals surface area contributed by atoms with E-state index < -0.39 is 34.1 Å². The quantitative estimate of drug-likeness (QED) is 0.193. The highest BCUT2D eigenvalue weighted by Crippen LogP contribution is 2.27. The van der Waals surface area contributed by atoms with Gasteiger partial charge in [0.1, 0.15) is 12.6 Å². The first-order chi connectivity index (χ1) is 21.3. The topological polar surface area (TPSA) is 86.8 Å². The number of anilines is 1. The van der Waals surface area contributed by atoms with Crippen molar-refractivity contribution in [1.29, 1.82) is 0 Å². The summed E-state index contributed by atoms with van der Waals surface area (Å²) < 4.78 is 29.4. The molecule has 1 atom stereocenters. The Kier molecular flexibility index (Phi) is 10.8. The third-order valence-electron chi connectivity index (χ3n) is 7.42. The van der Waals surface area contributed by atoms with Crippen LogP contribution in [0.5, 0.6) is 0 Å². The third-order valence-corrected chi connectivity index (χ3v) is 9.21. The van der Waals surface area contributed by atoms with Crippen LogP contribution in [-0.2, 0) is 32.6 Å². The van der Waals surface area contributed by atoms with Gasteiger partial charge in [-0.05, 0) is 67.6 Å². The zero-order chi connectivity index (χ0) is 32.6. The Labute approximate surface area is 268 Å². The molecule has 4 aromatic carbocycles. The molecule has 0 aliphatic heterocycles. The molecule has 236 valence electrons. The van der Waals surface area contributed by atoms with Crippen LogP contribution in [0, 0.1) is 0 Å². The van der Waals surface area contributed by atoms with Gasteiger partial charge in [-0.2, -0.15) is 0 Å². The smallest absolute Gasteiger partial charge is 0.264 e. The molecular formula is C37H43N3O4S. The summed E-state index contributed by atoms with van der Waals surface area (Å²) in [4.78, 5) is 30.1. The van der Waals surface area contributed by atoms with E-state index in [-0.39, 0.29) is 29.7 Å². The number of sulfonamides is 1. The van der Waals surface area contributed by atoms with Crippen molar-refractivity contribution in [2.75, 3.05) is 10.8 Å². The van der Waals surface area contributed by atoms with Gasteiger partial charge < -0.3 is 10.2 Å². The standard InChI is InChI=1S/C37H43N3O4S/c1-28(2)31-21-23-32(24-22-31)40(45(43,44)33-19-13-8-14-20-33)27-35(41)39(26-30-17-11-7-12-18-30)34(36(42)38-37(3,4)5)25-29-15-9-6-10-16-29/h6-24,28,34H,25-27H2,1-5H3,(H,38,42)/t34-/m1/s1. The van der Waals surface area contributed by atoms with E-state index in [1.165, 1.54) is 17.0 Å². The van der Waals surface area contributed by atoms with Gasteiger partial charge >= 0.3 is 0 Å². The third kappa shape index (κ3) is 9.05. The lowest BCUT2D eigenvalue weighted by atomic mass is 10.0. The van der Waals surface area contributed by atoms with Gasteiger partial charge in [-0.3, -0.25) is 13.9 Å². The van der Waals surface area contributed by atoms with Crippen LogP contribution in [0.2, 0.25) is 0 Å². The molecule has 0 aromatic heterocycles. The fraction of sp³-hybridized carbons (Fsp3) is 0.297. The number of hydrogen-bond acceptors (Lipinski definition) is 4. The van der Waals surface area contributed by atoms with E-state index in [9.17, 15) is 18.0 Å². The second-order valence-corrected chi connectivity index (χ2v) is 14.4. The Bertz CT molecular complexity index is 1650. The fourth-order valence-electron chi connectivity index (χ4n) is 5.06. The molecule has 0 spiro atoms. The molecule has 4 aromatic rings. The van der Waals surface area contributed by atoms with Gasteiger partial charge in [0.05, 0.1) is 10.6 Å². The Morgan fingerprint density at radius 3 is 1.76 bits per heavy atom. The maximum absolute atomic E-state index is 14.5. The number of nitrogens with zero attached hydrogens (tertiary/aromatic N) is 2. The van der Waals surface area contributed by atoms with Gasteiger partial charge in [-0.1, -0.05) is 105 Å². The second-order valence-electron chi connectivity index (χ2n) is 12.5. The number of hydrogen-bond donors (Lipinski definition) is 1. The number of nitrogens with one attached hydrogen (secondary N) is 1. The maximum atomic E-state index is 14.5. The molecule has 7 nitrogen and oxygen atoms in total. The van der Waals surface area contributed by atoms with Crippen molar-refractivity contribution in [2.24, 2.45) is 0 Å². The number of benzene rings is 4. The number of amides is 2. The first-order valence-electron chi connectivity index (χ1n) is 15.2. The molecule has 1 N–H and O–H groups in total. The number of rotatable bonds is 12. The highest BCUT2D eigenvalue weighted by molar-refractivity contribution is 7.92. The van der Waals surface area contributed by atoms with E-state index in [1.807, 2.05) is 93.6 Å².